The zero-order valence-electron chi connectivity index (χ0n) is 14.1. The third-order valence-electron chi connectivity index (χ3n) is 4.89. The lowest BCUT2D eigenvalue weighted by molar-refractivity contribution is 0.0755. The zero-order chi connectivity index (χ0) is 16.1. The van der Waals surface area contributed by atoms with E-state index < -0.39 is 0 Å². The Morgan fingerprint density at radius 2 is 1.65 bits per heavy atom. The number of hydrogen-bond donors (Lipinski definition) is 0. The fraction of sp³-hybridized carbons (Fsp3) is 0.706. The van der Waals surface area contributed by atoms with Gasteiger partial charge in [-0.05, 0) is 19.4 Å². The van der Waals surface area contributed by atoms with Gasteiger partial charge in [-0.1, -0.05) is 19.8 Å². The van der Waals surface area contributed by atoms with Crippen molar-refractivity contribution in [3.63, 3.8) is 0 Å². The van der Waals surface area contributed by atoms with Crippen LogP contribution in [0.2, 0.25) is 0 Å². The summed E-state index contributed by atoms with van der Waals surface area (Å²) in [6.07, 6.45) is 8.04. The molecule has 126 valence electrons. The predicted molar refractivity (Wildman–Crippen MR) is 90.7 cm³/mol. The van der Waals surface area contributed by atoms with Crippen LogP contribution in [0.25, 0.3) is 0 Å². The van der Waals surface area contributed by atoms with Crippen molar-refractivity contribution in [3.05, 3.63) is 18.1 Å². The monoisotopic (exact) mass is 317 g/mol. The number of aromatic nitrogens is 2. The third kappa shape index (κ3) is 3.99. The molecule has 0 spiro atoms. The first-order chi connectivity index (χ1) is 11.3. The summed E-state index contributed by atoms with van der Waals surface area (Å²) in [6, 6.07) is 0. The Bertz CT molecular complexity index is 502. The maximum Gasteiger partial charge on any atom is 0.274 e. The Morgan fingerprint density at radius 1 is 0.957 bits per heavy atom. The number of hydrogen-bond acceptors (Lipinski definition) is 5. The molecule has 2 aliphatic rings. The molecule has 1 amide bonds. The second-order valence-corrected chi connectivity index (χ2v) is 6.39. The molecule has 0 aliphatic carbocycles. The van der Waals surface area contributed by atoms with Gasteiger partial charge in [0.05, 0.1) is 12.4 Å². The minimum atomic E-state index is 0.0294. The molecule has 0 radical (unpaired) electrons. The van der Waals surface area contributed by atoms with Gasteiger partial charge in [0.25, 0.3) is 5.91 Å². The van der Waals surface area contributed by atoms with Gasteiger partial charge in [0.2, 0.25) is 0 Å². The van der Waals surface area contributed by atoms with Gasteiger partial charge in [-0.15, -0.1) is 0 Å². The summed E-state index contributed by atoms with van der Waals surface area (Å²) < 4.78 is 0. The standard InChI is InChI=1S/C17H27N5O/c1-2-20-9-11-21(12-10-20)16-14-18-15(13-19-16)17(23)22-7-5-3-4-6-8-22/h13-14H,2-12H2,1H3. The molecule has 0 aromatic carbocycles. The summed E-state index contributed by atoms with van der Waals surface area (Å²) >= 11 is 0. The summed E-state index contributed by atoms with van der Waals surface area (Å²) in [5.74, 6) is 0.912. The lowest BCUT2D eigenvalue weighted by Gasteiger charge is -2.34. The smallest absolute Gasteiger partial charge is 0.274 e. The van der Waals surface area contributed by atoms with Gasteiger partial charge in [0.15, 0.2) is 0 Å². The summed E-state index contributed by atoms with van der Waals surface area (Å²) in [5, 5.41) is 0. The fourth-order valence-corrected chi connectivity index (χ4v) is 3.32. The fourth-order valence-electron chi connectivity index (χ4n) is 3.32. The van der Waals surface area contributed by atoms with Crippen molar-refractivity contribution < 1.29 is 4.79 Å². The summed E-state index contributed by atoms with van der Waals surface area (Å²) in [4.78, 5) is 28.0. The molecule has 3 rings (SSSR count). The van der Waals surface area contributed by atoms with E-state index in [0.717, 1.165) is 64.5 Å². The van der Waals surface area contributed by atoms with E-state index in [1.54, 1.807) is 12.4 Å². The Kier molecular flexibility index (Phi) is 5.43. The first-order valence-electron chi connectivity index (χ1n) is 8.86. The number of rotatable bonds is 3. The van der Waals surface area contributed by atoms with Gasteiger partial charge in [-0.3, -0.25) is 4.79 Å². The van der Waals surface area contributed by atoms with Crippen molar-refractivity contribution in [2.75, 3.05) is 50.7 Å². The molecule has 1 aromatic rings. The lowest BCUT2D eigenvalue weighted by Crippen LogP contribution is -2.46. The molecule has 23 heavy (non-hydrogen) atoms. The molecule has 2 saturated heterocycles. The highest BCUT2D eigenvalue weighted by Crippen LogP contribution is 2.15. The van der Waals surface area contributed by atoms with E-state index in [0.29, 0.717) is 5.69 Å². The zero-order valence-corrected chi connectivity index (χ0v) is 14.1. The van der Waals surface area contributed by atoms with E-state index in [1.807, 2.05) is 4.90 Å². The van der Waals surface area contributed by atoms with Crippen LogP contribution in [0.5, 0.6) is 0 Å². The van der Waals surface area contributed by atoms with Gasteiger partial charge >= 0.3 is 0 Å². The molecule has 2 aliphatic heterocycles. The largest absolute Gasteiger partial charge is 0.353 e. The van der Waals surface area contributed by atoms with Crippen LogP contribution in [-0.4, -0.2) is 71.5 Å². The van der Waals surface area contributed by atoms with Crippen molar-refractivity contribution >= 4 is 11.7 Å². The molecule has 3 heterocycles. The lowest BCUT2D eigenvalue weighted by atomic mass is 10.2. The number of nitrogens with zero attached hydrogens (tertiary/aromatic N) is 5. The van der Waals surface area contributed by atoms with Gasteiger partial charge in [-0.2, -0.15) is 0 Å². The van der Waals surface area contributed by atoms with E-state index in [-0.39, 0.29) is 5.91 Å². The van der Waals surface area contributed by atoms with E-state index in [4.69, 9.17) is 0 Å². The molecule has 6 heteroatoms. The topological polar surface area (TPSA) is 52.6 Å². The van der Waals surface area contributed by atoms with Crippen molar-refractivity contribution in [1.29, 1.82) is 0 Å². The number of carbonyl (C=O) groups is 1. The van der Waals surface area contributed by atoms with Crippen molar-refractivity contribution in [2.24, 2.45) is 0 Å². The van der Waals surface area contributed by atoms with Gasteiger partial charge in [-0.25, -0.2) is 9.97 Å². The minimum absolute atomic E-state index is 0.0294. The van der Waals surface area contributed by atoms with E-state index in [1.165, 1.54) is 12.8 Å². The highest BCUT2D eigenvalue weighted by atomic mass is 16.2. The van der Waals surface area contributed by atoms with E-state index in [9.17, 15) is 4.79 Å². The van der Waals surface area contributed by atoms with Crippen LogP contribution in [0.4, 0.5) is 5.82 Å². The Balaban J connectivity index is 1.61. The molecular formula is C17H27N5O. The van der Waals surface area contributed by atoms with Crippen LogP contribution in [0.1, 0.15) is 43.1 Å². The summed E-state index contributed by atoms with van der Waals surface area (Å²) in [5.41, 5.74) is 0.475. The highest BCUT2D eigenvalue weighted by Gasteiger charge is 2.20. The van der Waals surface area contributed by atoms with Crippen molar-refractivity contribution in [2.45, 2.75) is 32.6 Å². The number of anilines is 1. The van der Waals surface area contributed by atoms with Crippen molar-refractivity contribution in [1.82, 2.24) is 19.8 Å². The Labute approximate surface area is 138 Å². The van der Waals surface area contributed by atoms with Crippen LogP contribution in [0.3, 0.4) is 0 Å². The van der Waals surface area contributed by atoms with Gasteiger partial charge in [0, 0.05) is 39.3 Å². The maximum atomic E-state index is 12.5. The quantitative estimate of drug-likeness (QED) is 0.848. The normalized spacial score (nSPS) is 20.4. The molecule has 0 unspecified atom stereocenters. The minimum Gasteiger partial charge on any atom is -0.353 e. The van der Waals surface area contributed by atoms with Crippen LogP contribution >= 0.6 is 0 Å². The average molecular weight is 317 g/mol. The molecule has 0 saturated carbocycles. The molecule has 0 bridgehead atoms. The van der Waals surface area contributed by atoms with Gasteiger partial charge in [0.1, 0.15) is 11.5 Å². The Hall–Kier alpha value is -1.69. The number of piperazine rings is 1. The Morgan fingerprint density at radius 3 is 2.22 bits per heavy atom. The van der Waals surface area contributed by atoms with Crippen molar-refractivity contribution in [3.8, 4) is 0 Å². The molecular weight excluding hydrogens is 290 g/mol. The second-order valence-electron chi connectivity index (χ2n) is 6.39. The highest BCUT2D eigenvalue weighted by molar-refractivity contribution is 5.92. The van der Waals surface area contributed by atoms with Gasteiger partial charge < -0.3 is 14.7 Å². The predicted octanol–water partition coefficient (Wildman–Crippen LogP) is 1.63. The van der Waals surface area contributed by atoms with E-state index in [2.05, 4.69) is 26.7 Å². The molecule has 0 atom stereocenters. The van der Waals surface area contributed by atoms with Crippen LogP contribution in [-0.2, 0) is 0 Å². The summed E-state index contributed by atoms with van der Waals surface area (Å²) in [7, 11) is 0. The summed E-state index contributed by atoms with van der Waals surface area (Å²) in [6.45, 7) is 9.06. The van der Waals surface area contributed by atoms with Crippen LogP contribution < -0.4 is 4.90 Å². The van der Waals surface area contributed by atoms with Crippen LogP contribution in [0, 0.1) is 0 Å². The first-order valence-corrected chi connectivity index (χ1v) is 8.86. The third-order valence-corrected chi connectivity index (χ3v) is 4.89. The maximum absolute atomic E-state index is 12.5. The molecule has 6 nitrogen and oxygen atoms in total. The number of carbonyl (C=O) groups excluding carboxylic acids is 1. The SMILES string of the molecule is CCN1CCN(c2cnc(C(=O)N3CCCCCC3)cn2)CC1. The number of likely N-dealkylation sites (N-methyl/N-ethyl adjacent to an activating group) is 1. The van der Waals surface area contributed by atoms with Crippen LogP contribution in [0.15, 0.2) is 12.4 Å². The molecule has 0 N–H and O–H groups in total. The first kappa shape index (κ1) is 16.2. The molecule has 2 fully saturated rings. The number of amides is 1. The van der Waals surface area contributed by atoms with E-state index >= 15 is 0 Å². The molecule has 1 aromatic heterocycles. The second kappa shape index (κ2) is 7.73. The average Bonchev–Trinajstić information content (AvgIpc) is 2.91. The number of likely N-dealkylation sites (tertiary alicyclic amines) is 1.